The molecule has 0 aromatic heterocycles. The molecule has 70 valence electrons. The van der Waals surface area contributed by atoms with Crippen LogP contribution < -0.4 is 0 Å². The average Bonchev–Trinajstić information content (AvgIpc) is 2.15. The molecule has 0 spiro atoms. The normalized spacial score (nSPS) is 10.0. The van der Waals surface area contributed by atoms with Crippen molar-refractivity contribution >= 4 is 5.78 Å². The Morgan fingerprint density at radius 1 is 1.31 bits per heavy atom. The van der Waals surface area contributed by atoms with Crippen LogP contribution in [0.15, 0.2) is 24.3 Å². The summed E-state index contributed by atoms with van der Waals surface area (Å²) in [6.07, 6.45) is 0.978. The number of carbonyl (C=O) groups excluding carboxylic acids is 1. The third-order valence-electron chi connectivity index (χ3n) is 1.94. The minimum atomic E-state index is 0.0810. The summed E-state index contributed by atoms with van der Waals surface area (Å²) in [4.78, 5) is 11.4. The van der Waals surface area contributed by atoms with Gasteiger partial charge in [0.05, 0.1) is 0 Å². The minimum absolute atomic E-state index is 0.0810. The van der Waals surface area contributed by atoms with E-state index >= 15 is 0 Å². The fourth-order valence-corrected chi connectivity index (χ4v) is 1.12. The van der Waals surface area contributed by atoms with Crippen molar-refractivity contribution in [2.45, 2.75) is 19.8 Å². The van der Waals surface area contributed by atoms with Crippen molar-refractivity contribution in [3.63, 3.8) is 0 Å². The molecule has 0 unspecified atom stereocenters. The van der Waals surface area contributed by atoms with Crippen LogP contribution in [0.1, 0.15) is 28.8 Å². The van der Waals surface area contributed by atoms with Crippen LogP contribution in [0.25, 0.3) is 0 Å². The van der Waals surface area contributed by atoms with E-state index in [4.69, 9.17) is 5.11 Å². The fraction of sp³-hybridized carbons (Fsp3) is 0.364. The van der Waals surface area contributed by atoms with Crippen molar-refractivity contribution in [2.75, 3.05) is 6.61 Å². The van der Waals surface area contributed by atoms with E-state index in [0.717, 1.165) is 11.1 Å². The lowest BCUT2D eigenvalue weighted by Crippen LogP contribution is -1.99. The van der Waals surface area contributed by atoms with Gasteiger partial charge in [0.25, 0.3) is 0 Å². The molecule has 0 aliphatic carbocycles. The predicted molar refractivity (Wildman–Crippen MR) is 51.8 cm³/mol. The molecule has 0 aliphatic heterocycles. The topological polar surface area (TPSA) is 37.3 Å². The lowest BCUT2D eigenvalue weighted by Gasteiger charge is -1.99. The van der Waals surface area contributed by atoms with Crippen molar-refractivity contribution in [3.8, 4) is 0 Å². The van der Waals surface area contributed by atoms with Crippen molar-refractivity contribution in [2.24, 2.45) is 0 Å². The Morgan fingerprint density at radius 3 is 2.46 bits per heavy atom. The number of rotatable bonds is 4. The number of benzene rings is 1. The molecule has 1 aromatic carbocycles. The first kappa shape index (κ1) is 9.93. The van der Waals surface area contributed by atoms with E-state index in [1.165, 1.54) is 0 Å². The first-order valence-electron chi connectivity index (χ1n) is 4.45. The van der Waals surface area contributed by atoms with E-state index in [0.29, 0.717) is 12.8 Å². The molecule has 0 radical (unpaired) electrons. The van der Waals surface area contributed by atoms with Gasteiger partial charge in [-0.1, -0.05) is 29.8 Å². The highest BCUT2D eigenvalue weighted by atomic mass is 16.3. The lowest BCUT2D eigenvalue weighted by atomic mass is 10.1. The third-order valence-corrected chi connectivity index (χ3v) is 1.94. The smallest absolute Gasteiger partial charge is 0.162 e. The molecular formula is C11H14O2. The Kier molecular flexibility index (Phi) is 3.65. The molecule has 13 heavy (non-hydrogen) atoms. The van der Waals surface area contributed by atoms with Gasteiger partial charge in [-0.25, -0.2) is 0 Å². The Morgan fingerprint density at radius 2 is 1.92 bits per heavy atom. The summed E-state index contributed by atoms with van der Waals surface area (Å²) in [6, 6.07) is 7.50. The largest absolute Gasteiger partial charge is 0.396 e. The molecule has 0 aliphatic rings. The highest BCUT2D eigenvalue weighted by Crippen LogP contribution is 2.06. The summed E-state index contributed by atoms with van der Waals surface area (Å²) in [7, 11) is 0. The molecule has 0 amide bonds. The number of hydrogen-bond acceptors (Lipinski definition) is 2. The van der Waals surface area contributed by atoms with Crippen molar-refractivity contribution < 1.29 is 9.90 Å². The summed E-state index contributed by atoms with van der Waals surface area (Å²) in [5.74, 6) is 0.106. The zero-order valence-electron chi connectivity index (χ0n) is 7.79. The number of Topliss-reactive ketones (excluding diaryl/α,β-unsaturated/α-hetero) is 1. The summed E-state index contributed by atoms with van der Waals surface area (Å²) in [5, 5.41) is 8.55. The number of carbonyl (C=O) groups is 1. The number of ketones is 1. The number of aryl methyl sites for hydroxylation is 1. The van der Waals surface area contributed by atoms with Crippen LogP contribution in [0.3, 0.4) is 0 Å². The molecule has 0 saturated heterocycles. The highest BCUT2D eigenvalue weighted by Gasteiger charge is 2.03. The number of hydrogen-bond donors (Lipinski definition) is 1. The summed E-state index contributed by atoms with van der Waals surface area (Å²) in [6.45, 7) is 2.07. The molecule has 0 bridgehead atoms. The highest BCUT2D eigenvalue weighted by molar-refractivity contribution is 5.96. The fourth-order valence-electron chi connectivity index (χ4n) is 1.12. The SMILES string of the molecule is Cc1ccc(C(=O)CCCO)cc1. The minimum Gasteiger partial charge on any atom is -0.396 e. The van der Waals surface area contributed by atoms with Gasteiger partial charge in [-0.15, -0.1) is 0 Å². The van der Waals surface area contributed by atoms with E-state index in [9.17, 15) is 4.79 Å². The average molecular weight is 178 g/mol. The molecule has 0 heterocycles. The lowest BCUT2D eigenvalue weighted by molar-refractivity contribution is 0.0971. The number of aliphatic hydroxyl groups is 1. The van der Waals surface area contributed by atoms with Gasteiger partial charge >= 0.3 is 0 Å². The van der Waals surface area contributed by atoms with Crippen LogP contribution in [0.4, 0.5) is 0 Å². The quantitative estimate of drug-likeness (QED) is 0.715. The van der Waals surface area contributed by atoms with Crippen LogP contribution in [0.5, 0.6) is 0 Å². The summed E-state index contributed by atoms with van der Waals surface area (Å²) in [5.41, 5.74) is 1.89. The zero-order valence-corrected chi connectivity index (χ0v) is 7.79. The van der Waals surface area contributed by atoms with Gasteiger partial charge < -0.3 is 5.11 Å². The molecule has 1 N–H and O–H groups in total. The molecule has 2 nitrogen and oxygen atoms in total. The maximum atomic E-state index is 11.4. The summed E-state index contributed by atoms with van der Waals surface area (Å²) < 4.78 is 0. The van der Waals surface area contributed by atoms with Crippen LogP contribution in [0.2, 0.25) is 0 Å². The molecule has 0 saturated carbocycles. The van der Waals surface area contributed by atoms with Crippen LogP contribution in [-0.2, 0) is 0 Å². The van der Waals surface area contributed by atoms with Gasteiger partial charge in [0.15, 0.2) is 5.78 Å². The van der Waals surface area contributed by atoms with Gasteiger partial charge in [-0.2, -0.15) is 0 Å². The molecular weight excluding hydrogens is 164 g/mol. The van der Waals surface area contributed by atoms with Gasteiger partial charge in [-0.3, -0.25) is 4.79 Å². The van der Waals surface area contributed by atoms with Gasteiger partial charge in [-0.05, 0) is 13.3 Å². The monoisotopic (exact) mass is 178 g/mol. The third kappa shape index (κ3) is 2.99. The second-order valence-electron chi connectivity index (χ2n) is 3.12. The zero-order chi connectivity index (χ0) is 9.68. The Labute approximate surface area is 78.2 Å². The second kappa shape index (κ2) is 4.77. The number of aliphatic hydroxyl groups excluding tert-OH is 1. The van der Waals surface area contributed by atoms with E-state index in [-0.39, 0.29) is 12.4 Å². The maximum absolute atomic E-state index is 11.4. The van der Waals surface area contributed by atoms with Gasteiger partial charge in [0, 0.05) is 18.6 Å². The van der Waals surface area contributed by atoms with Crippen molar-refractivity contribution in [1.29, 1.82) is 0 Å². The molecule has 0 atom stereocenters. The van der Waals surface area contributed by atoms with E-state index < -0.39 is 0 Å². The van der Waals surface area contributed by atoms with Crippen LogP contribution >= 0.6 is 0 Å². The first-order chi connectivity index (χ1) is 6.24. The van der Waals surface area contributed by atoms with Crippen LogP contribution in [0, 0.1) is 6.92 Å². The van der Waals surface area contributed by atoms with Crippen molar-refractivity contribution in [1.82, 2.24) is 0 Å². The van der Waals surface area contributed by atoms with Gasteiger partial charge in [0.1, 0.15) is 0 Å². The maximum Gasteiger partial charge on any atom is 0.162 e. The Bertz CT molecular complexity index is 275. The molecule has 2 heteroatoms. The van der Waals surface area contributed by atoms with Gasteiger partial charge in [0.2, 0.25) is 0 Å². The molecule has 1 aromatic rings. The first-order valence-corrected chi connectivity index (χ1v) is 4.45. The second-order valence-corrected chi connectivity index (χ2v) is 3.12. The summed E-state index contributed by atoms with van der Waals surface area (Å²) >= 11 is 0. The van der Waals surface area contributed by atoms with E-state index in [1.807, 2.05) is 31.2 Å². The standard InChI is InChI=1S/C11H14O2/c1-9-4-6-10(7-5-9)11(13)3-2-8-12/h4-7,12H,2-3,8H2,1H3. The van der Waals surface area contributed by atoms with E-state index in [1.54, 1.807) is 0 Å². The van der Waals surface area contributed by atoms with Crippen LogP contribution in [-0.4, -0.2) is 17.5 Å². The molecule has 0 fully saturated rings. The molecule has 1 rings (SSSR count). The van der Waals surface area contributed by atoms with E-state index in [2.05, 4.69) is 0 Å². The predicted octanol–water partition coefficient (Wildman–Crippen LogP) is 1.95. The Balaban J connectivity index is 2.61. The van der Waals surface area contributed by atoms with Crippen molar-refractivity contribution in [3.05, 3.63) is 35.4 Å². The Hall–Kier alpha value is -1.15.